The first kappa shape index (κ1) is 7.46. The molecule has 0 aromatic carbocycles. The summed E-state index contributed by atoms with van der Waals surface area (Å²) in [5.74, 6) is -1.18. The van der Waals surface area contributed by atoms with Gasteiger partial charge in [-0.1, -0.05) is 0 Å². The number of aromatic carboxylic acids is 1. The summed E-state index contributed by atoms with van der Waals surface area (Å²) in [5.41, 5.74) is 0.142. The van der Waals surface area contributed by atoms with Crippen molar-refractivity contribution >= 4 is 28.6 Å². The fraction of sp³-hybridized carbons (Fsp3) is 0. The smallest absolute Gasteiger partial charge is 0.0741 e. The molecule has 1 aromatic rings. The molecule has 1 heterocycles. The van der Waals surface area contributed by atoms with Crippen LogP contribution in [0.2, 0.25) is 0 Å². The Bertz CT molecular complexity index is 262. The molecule has 0 unspecified atom stereocenters. The fourth-order valence-electron chi connectivity index (χ4n) is 0.528. The van der Waals surface area contributed by atoms with Crippen molar-refractivity contribution in [3.05, 3.63) is 27.6 Å². The summed E-state index contributed by atoms with van der Waals surface area (Å²) in [4.78, 5) is 13.9. The molecule has 1 aromatic heterocycles. The third-order valence-electron chi connectivity index (χ3n) is 0.988. The van der Waals surface area contributed by atoms with E-state index in [4.69, 9.17) is 0 Å². The van der Waals surface area contributed by atoms with Gasteiger partial charge in [0.2, 0.25) is 0 Å². The number of pyridine rings is 1. The molecule has 52 valence electrons. The SMILES string of the molecule is O=C([O-])c1cnccc1I. The Balaban J connectivity index is 3.15. The standard InChI is InChI=1S/C6H4INO2/c7-5-1-2-8-3-4(5)6(9)10/h1-3H,(H,9,10)/p-1. The van der Waals surface area contributed by atoms with E-state index in [2.05, 4.69) is 4.98 Å². The van der Waals surface area contributed by atoms with Gasteiger partial charge in [-0.2, -0.15) is 0 Å². The van der Waals surface area contributed by atoms with Crippen LogP contribution in [0.5, 0.6) is 0 Å². The van der Waals surface area contributed by atoms with Gasteiger partial charge in [0.15, 0.2) is 0 Å². The highest BCUT2D eigenvalue weighted by Crippen LogP contribution is 2.07. The van der Waals surface area contributed by atoms with Gasteiger partial charge in [-0.3, -0.25) is 4.98 Å². The van der Waals surface area contributed by atoms with Gasteiger partial charge in [-0.15, -0.1) is 0 Å². The molecule has 1 rings (SSSR count). The zero-order valence-electron chi connectivity index (χ0n) is 4.87. The molecule has 0 saturated heterocycles. The highest BCUT2D eigenvalue weighted by Gasteiger charge is 1.97. The Kier molecular flexibility index (Phi) is 2.21. The van der Waals surface area contributed by atoms with E-state index in [0.29, 0.717) is 3.57 Å². The van der Waals surface area contributed by atoms with Gasteiger partial charge < -0.3 is 9.90 Å². The van der Waals surface area contributed by atoms with Gasteiger partial charge in [0.1, 0.15) is 0 Å². The van der Waals surface area contributed by atoms with Crippen molar-refractivity contribution in [3.8, 4) is 0 Å². The maximum atomic E-state index is 10.3. The van der Waals surface area contributed by atoms with E-state index in [1.165, 1.54) is 12.4 Å². The van der Waals surface area contributed by atoms with Gasteiger partial charge in [-0.05, 0) is 28.7 Å². The number of carbonyl (C=O) groups excluding carboxylic acids is 1. The summed E-state index contributed by atoms with van der Waals surface area (Å²) >= 11 is 1.91. The normalized spacial score (nSPS) is 9.30. The third kappa shape index (κ3) is 1.44. The maximum Gasteiger partial charge on any atom is 0.0741 e. The van der Waals surface area contributed by atoms with E-state index in [1.807, 2.05) is 22.6 Å². The van der Waals surface area contributed by atoms with E-state index in [-0.39, 0.29) is 5.56 Å². The lowest BCUT2D eigenvalue weighted by Gasteiger charge is -2.01. The van der Waals surface area contributed by atoms with Crippen molar-refractivity contribution in [2.75, 3.05) is 0 Å². The number of carboxylic acids is 1. The number of nitrogens with zero attached hydrogens (tertiary/aromatic N) is 1. The molecule has 0 aliphatic carbocycles. The molecule has 0 aliphatic heterocycles. The van der Waals surface area contributed by atoms with Crippen molar-refractivity contribution < 1.29 is 9.90 Å². The van der Waals surface area contributed by atoms with E-state index in [9.17, 15) is 9.90 Å². The molecule has 0 N–H and O–H groups in total. The molecule has 10 heavy (non-hydrogen) atoms. The average molecular weight is 248 g/mol. The number of carboxylic acid groups (broad SMARTS) is 1. The fourth-order valence-corrected chi connectivity index (χ4v) is 1.05. The van der Waals surface area contributed by atoms with Crippen LogP contribution in [0.15, 0.2) is 18.5 Å². The van der Waals surface area contributed by atoms with Crippen LogP contribution in [0, 0.1) is 3.57 Å². The van der Waals surface area contributed by atoms with Crippen LogP contribution in [0.3, 0.4) is 0 Å². The Labute approximate surface area is 71.2 Å². The van der Waals surface area contributed by atoms with Gasteiger partial charge in [0.05, 0.1) is 5.97 Å². The number of aromatic nitrogens is 1. The van der Waals surface area contributed by atoms with E-state index < -0.39 is 5.97 Å². The first-order chi connectivity index (χ1) is 4.72. The number of rotatable bonds is 1. The largest absolute Gasteiger partial charge is 0.545 e. The molecule has 0 saturated carbocycles. The van der Waals surface area contributed by atoms with Gasteiger partial charge in [-0.25, -0.2) is 0 Å². The van der Waals surface area contributed by atoms with Crippen LogP contribution in [0.25, 0.3) is 0 Å². The van der Waals surface area contributed by atoms with Crippen LogP contribution in [-0.2, 0) is 0 Å². The predicted octanol–water partition coefficient (Wildman–Crippen LogP) is 0.0497. The minimum atomic E-state index is -1.18. The van der Waals surface area contributed by atoms with E-state index in [1.54, 1.807) is 6.07 Å². The van der Waals surface area contributed by atoms with Crippen LogP contribution >= 0.6 is 22.6 Å². The minimum Gasteiger partial charge on any atom is -0.545 e. The van der Waals surface area contributed by atoms with Crippen LogP contribution < -0.4 is 5.11 Å². The summed E-state index contributed by atoms with van der Waals surface area (Å²) in [6.45, 7) is 0. The Morgan fingerprint density at radius 1 is 1.70 bits per heavy atom. The van der Waals surface area contributed by atoms with Gasteiger partial charge >= 0.3 is 0 Å². The molecule has 0 fully saturated rings. The van der Waals surface area contributed by atoms with Crippen molar-refractivity contribution in [2.24, 2.45) is 0 Å². The predicted molar refractivity (Wildman–Crippen MR) is 41.3 cm³/mol. The molecule has 0 aliphatic rings. The Hall–Kier alpha value is -0.650. The number of halogens is 1. The lowest BCUT2D eigenvalue weighted by molar-refractivity contribution is -0.255. The van der Waals surface area contributed by atoms with Gasteiger partial charge in [0.25, 0.3) is 0 Å². The van der Waals surface area contributed by atoms with E-state index in [0.717, 1.165) is 0 Å². The quantitative estimate of drug-likeness (QED) is 0.660. The van der Waals surface area contributed by atoms with Crippen molar-refractivity contribution in [1.82, 2.24) is 4.98 Å². The molecule has 0 radical (unpaired) electrons. The maximum absolute atomic E-state index is 10.3. The van der Waals surface area contributed by atoms with Crippen LogP contribution in [-0.4, -0.2) is 11.0 Å². The molecule has 4 heteroatoms. The first-order valence-corrected chi connectivity index (χ1v) is 3.60. The summed E-state index contributed by atoms with van der Waals surface area (Å²) in [5, 5.41) is 10.3. The summed E-state index contributed by atoms with van der Waals surface area (Å²) in [7, 11) is 0. The second-order valence-electron chi connectivity index (χ2n) is 1.64. The minimum absolute atomic E-state index is 0.142. The Morgan fingerprint density at radius 3 is 2.80 bits per heavy atom. The lowest BCUT2D eigenvalue weighted by atomic mass is 10.3. The molecular weight excluding hydrogens is 245 g/mol. The monoisotopic (exact) mass is 248 g/mol. The second-order valence-corrected chi connectivity index (χ2v) is 2.81. The van der Waals surface area contributed by atoms with Crippen LogP contribution in [0.1, 0.15) is 10.4 Å². The van der Waals surface area contributed by atoms with E-state index >= 15 is 0 Å². The van der Waals surface area contributed by atoms with Crippen molar-refractivity contribution in [2.45, 2.75) is 0 Å². The van der Waals surface area contributed by atoms with Crippen LogP contribution in [0.4, 0.5) is 0 Å². The third-order valence-corrected chi connectivity index (χ3v) is 1.93. The lowest BCUT2D eigenvalue weighted by Crippen LogP contribution is -2.23. The highest BCUT2D eigenvalue weighted by atomic mass is 127. The van der Waals surface area contributed by atoms with Gasteiger partial charge in [0, 0.05) is 21.5 Å². The molecule has 0 atom stereocenters. The number of carbonyl (C=O) groups is 1. The zero-order chi connectivity index (χ0) is 7.56. The highest BCUT2D eigenvalue weighted by molar-refractivity contribution is 14.1. The summed E-state index contributed by atoms with van der Waals surface area (Å²) in [6, 6.07) is 1.62. The first-order valence-electron chi connectivity index (χ1n) is 2.52. The Morgan fingerprint density at radius 2 is 2.40 bits per heavy atom. The van der Waals surface area contributed by atoms with Crippen molar-refractivity contribution in [3.63, 3.8) is 0 Å². The average Bonchev–Trinajstić information content (AvgIpc) is 1.88. The second kappa shape index (κ2) is 2.96. The molecule has 0 bridgehead atoms. The molecule has 0 spiro atoms. The molecule has 0 amide bonds. The molecular formula is C6H3INO2-. The number of hydrogen-bond acceptors (Lipinski definition) is 3. The zero-order valence-corrected chi connectivity index (χ0v) is 7.03. The summed E-state index contributed by atoms with van der Waals surface area (Å²) < 4.78 is 0.646. The summed E-state index contributed by atoms with van der Waals surface area (Å²) in [6.07, 6.45) is 2.81. The molecule has 3 nitrogen and oxygen atoms in total. The van der Waals surface area contributed by atoms with Crippen molar-refractivity contribution in [1.29, 1.82) is 0 Å². The topological polar surface area (TPSA) is 53.0 Å². The number of hydrogen-bond donors (Lipinski definition) is 0.